The number of rotatable bonds is 8. The van der Waals surface area contributed by atoms with Gasteiger partial charge in [-0.1, -0.05) is 43.0 Å². The van der Waals surface area contributed by atoms with Gasteiger partial charge >= 0.3 is 18.0 Å². The number of amides is 1. The van der Waals surface area contributed by atoms with Crippen LogP contribution in [0.25, 0.3) is 0 Å². The Morgan fingerprint density at radius 3 is 2.50 bits per heavy atom. The number of nitrogens with one attached hydrogen (secondary N) is 1. The van der Waals surface area contributed by atoms with Gasteiger partial charge in [0, 0.05) is 0 Å². The molecule has 0 fully saturated rings. The van der Waals surface area contributed by atoms with E-state index < -0.39 is 30.5 Å². The van der Waals surface area contributed by atoms with Gasteiger partial charge in [0.1, 0.15) is 19.3 Å². The van der Waals surface area contributed by atoms with E-state index in [9.17, 15) is 14.4 Å². The number of alkyl carbamates (subject to hydrolysis) is 1. The Kier molecular flexibility index (Phi) is 7.18. The molecule has 0 saturated heterocycles. The van der Waals surface area contributed by atoms with Gasteiger partial charge in [-0.2, -0.15) is 0 Å². The molecule has 1 atom stereocenters. The van der Waals surface area contributed by atoms with E-state index >= 15 is 0 Å². The van der Waals surface area contributed by atoms with Crippen LogP contribution in [-0.2, 0) is 25.7 Å². The van der Waals surface area contributed by atoms with E-state index in [1.165, 1.54) is 6.08 Å². The second kappa shape index (κ2) is 9.17. The molecule has 0 aliphatic heterocycles. The van der Waals surface area contributed by atoms with Gasteiger partial charge in [-0.25, -0.2) is 9.59 Å². The van der Waals surface area contributed by atoms with Crippen molar-refractivity contribution in [2.45, 2.75) is 19.1 Å². The Balaban J connectivity index is 2.45. The first-order valence-electron chi connectivity index (χ1n) is 6.49. The maximum absolute atomic E-state index is 11.6. The second-order valence-corrected chi connectivity index (χ2v) is 4.27. The molecule has 7 heteroatoms. The van der Waals surface area contributed by atoms with Crippen LogP contribution in [0.15, 0.2) is 43.0 Å². The van der Waals surface area contributed by atoms with Crippen molar-refractivity contribution in [1.82, 2.24) is 5.32 Å². The molecule has 1 rings (SSSR count). The fourth-order valence-electron chi connectivity index (χ4n) is 1.48. The monoisotopic (exact) mass is 307 g/mol. The van der Waals surface area contributed by atoms with E-state index in [1.807, 2.05) is 6.07 Å². The van der Waals surface area contributed by atoms with Gasteiger partial charge in [-0.15, -0.1) is 0 Å². The third-order valence-corrected chi connectivity index (χ3v) is 2.54. The Morgan fingerprint density at radius 1 is 1.23 bits per heavy atom. The number of hydrogen-bond acceptors (Lipinski definition) is 5. The summed E-state index contributed by atoms with van der Waals surface area (Å²) in [5.41, 5.74) is 0.759. The molecule has 0 radical (unpaired) electrons. The van der Waals surface area contributed by atoms with E-state index in [-0.39, 0.29) is 13.2 Å². The van der Waals surface area contributed by atoms with E-state index in [1.54, 1.807) is 24.3 Å². The van der Waals surface area contributed by atoms with Crippen LogP contribution >= 0.6 is 0 Å². The molecule has 0 aromatic heterocycles. The average Bonchev–Trinajstić information content (AvgIpc) is 2.51. The Labute approximate surface area is 127 Å². The van der Waals surface area contributed by atoms with Crippen molar-refractivity contribution in [2.75, 3.05) is 6.61 Å². The molecule has 0 unspecified atom stereocenters. The highest BCUT2D eigenvalue weighted by Gasteiger charge is 2.24. The number of ether oxygens (including phenoxy) is 2. The van der Waals surface area contributed by atoms with Crippen LogP contribution in [-0.4, -0.2) is 35.8 Å². The summed E-state index contributed by atoms with van der Waals surface area (Å²) in [6, 6.07) is 7.49. The number of carboxylic acid groups (broad SMARTS) is 1. The van der Waals surface area contributed by atoms with E-state index in [0.717, 1.165) is 5.56 Å². The zero-order valence-corrected chi connectivity index (χ0v) is 11.9. The summed E-state index contributed by atoms with van der Waals surface area (Å²) in [5.74, 6) is -2.11. The summed E-state index contributed by atoms with van der Waals surface area (Å²) < 4.78 is 9.56. The highest BCUT2D eigenvalue weighted by molar-refractivity contribution is 5.85. The summed E-state index contributed by atoms with van der Waals surface area (Å²) in [6.45, 7) is 3.34. The lowest BCUT2D eigenvalue weighted by molar-refractivity contribution is -0.148. The summed E-state index contributed by atoms with van der Waals surface area (Å²) in [7, 11) is 0. The normalized spacial score (nSPS) is 11.1. The van der Waals surface area contributed by atoms with Crippen molar-refractivity contribution in [2.24, 2.45) is 0 Å². The summed E-state index contributed by atoms with van der Waals surface area (Å²) in [5, 5.41) is 11.1. The van der Waals surface area contributed by atoms with E-state index in [4.69, 9.17) is 9.84 Å². The predicted octanol–water partition coefficient (Wildman–Crippen LogP) is 1.49. The quantitative estimate of drug-likeness (QED) is 0.557. The van der Waals surface area contributed by atoms with Crippen molar-refractivity contribution in [3.63, 3.8) is 0 Å². The van der Waals surface area contributed by atoms with Gasteiger partial charge in [0.05, 0.1) is 6.42 Å². The molecule has 1 amide bonds. The van der Waals surface area contributed by atoms with E-state index in [0.29, 0.717) is 0 Å². The highest BCUT2D eigenvalue weighted by Crippen LogP contribution is 2.02. The summed E-state index contributed by atoms with van der Waals surface area (Å²) >= 11 is 0. The lowest BCUT2D eigenvalue weighted by atomic mass is 10.2. The fraction of sp³-hybridized carbons (Fsp3) is 0.267. The van der Waals surface area contributed by atoms with Crippen LogP contribution in [0.5, 0.6) is 0 Å². The first kappa shape index (κ1) is 17.2. The predicted molar refractivity (Wildman–Crippen MR) is 77.0 cm³/mol. The van der Waals surface area contributed by atoms with Crippen LogP contribution in [0.3, 0.4) is 0 Å². The largest absolute Gasteiger partial charge is 0.480 e. The number of aliphatic carboxylic acids is 1. The molecule has 0 aliphatic rings. The highest BCUT2D eigenvalue weighted by atomic mass is 16.5. The van der Waals surface area contributed by atoms with Crippen LogP contribution in [0, 0.1) is 0 Å². The minimum absolute atomic E-state index is 0.0000764. The molecule has 2 N–H and O–H groups in total. The SMILES string of the molecule is C=CCOC(=O)C[C@@H](NC(=O)OCc1ccccc1)C(=O)O. The number of carboxylic acids is 1. The summed E-state index contributed by atoms with van der Waals surface area (Å²) in [4.78, 5) is 33.9. The molecule has 1 aromatic rings. The molecule has 7 nitrogen and oxygen atoms in total. The van der Waals surface area contributed by atoms with Crippen LogP contribution < -0.4 is 5.32 Å². The van der Waals surface area contributed by atoms with Gasteiger partial charge in [0.2, 0.25) is 0 Å². The number of esters is 1. The average molecular weight is 307 g/mol. The third-order valence-electron chi connectivity index (χ3n) is 2.54. The molecular weight excluding hydrogens is 290 g/mol. The lowest BCUT2D eigenvalue weighted by Crippen LogP contribution is -2.42. The molecule has 0 bridgehead atoms. The van der Waals surface area contributed by atoms with Crippen LogP contribution in [0.2, 0.25) is 0 Å². The zero-order valence-electron chi connectivity index (χ0n) is 11.9. The van der Waals surface area contributed by atoms with Gasteiger partial charge in [0.15, 0.2) is 0 Å². The van der Waals surface area contributed by atoms with Crippen molar-refractivity contribution in [3.05, 3.63) is 48.6 Å². The van der Waals surface area contributed by atoms with Gasteiger partial charge in [0.25, 0.3) is 0 Å². The molecule has 0 aliphatic carbocycles. The van der Waals surface area contributed by atoms with Crippen LogP contribution in [0.1, 0.15) is 12.0 Å². The smallest absolute Gasteiger partial charge is 0.408 e. The number of carbonyl (C=O) groups is 3. The molecule has 0 heterocycles. The zero-order chi connectivity index (χ0) is 16.4. The minimum Gasteiger partial charge on any atom is -0.480 e. The first-order chi connectivity index (χ1) is 10.5. The molecular formula is C15H17NO6. The van der Waals surface area contributed by atoms with Crippen molar-refractivity contribution < 1.29 is 29.0 Å². The maximum Gasteiger partial charge on any atom is 0.408 e. The fourth-order valence-corrected chi connectivity index (χ4v) is 1.48. The number of carbonyl (C=O) groups excluding carboxylic acids is 2. The third kappa shape index (κ3) is 6.56. The lowest BCUT2D eigenvalue weighted by Gasteiger charge is -2.13. The van der Waals surface area contributed by atoms with Crippen molar-refractivity contribution in [3.8, 4) is 0 Å². The molecule has 118 valence electrons. The summed E-state index contributed by atoms with van der Waals surface area (Å²) in [6.07, 6.45) is -0.0634. The molecule has 1 aromatic carbocycles. The first-order valence-corrected chi connectivity index (χ1v) is 6.49. The Hall–Kier alpha value is -2.83. The van der Waals surface area contributed by atoms with Crippen molar-refractivity contribution >= 4 is 18.0 Å². The van der Waals surface area contributed by atoms with Gasteiger partial charge in [-0.05, 0) is 5.56 Å². The molecule has 0 spiro atoms. The number of benzene rings is 1. The maximum atomic E-state index is 11.6. The van der Waals surface area contributed by atoms with Gasteiger partial charge < -0.3 is 19.9 Å². The van der Waals surface area contributed by atoms with Crippen molar-refractivity contribution in [1.29, 1.82) is 0 Å². The Morgan fingerprint density at radius 2 is 1.91 bits per heavy atom. The number of hydrogen-bond donors (Lipinski definition) is 2. The van der Waals surface area contributed by atoms with Gasteiger partial charge in [-0.3, -0.25) is 4.79 Å². The second-order valence-electron chi connectivity index (χ2n) is 4.27. The molecule has 22 heavy (non-hydrogen) atoms. The molecule has 0 saturated carbocycles. The van der Waals surface area contributed by atoms with Crippen LogP contribution in [0.4, 0.5) is 4.79 Å². The topological polar surface area (TPSA) is 102 Å². The van der Waals surface area contributed by atoms with E-state index in [2.05, 4.69) is 16.6 Å². The minimum atomic E-state index is -1.42. The Bertz CT molecular complexity index is 528. The standard InChI is InChI=1S/C15H17NO6/c1-2-8-21-13(17)9-12(14(18)19)16-15(20)22-10-11-6-4-3-5-7-11/h2-7,12H,1,8-10H2,(H,16,20)(H,18,19)/t12-/m1/s1.